The fraction of sp³-hybridized carbons (Fsp3) is 0.696. The van der Waals surface area contributed by atoms with E-state index in [0.29, 0.717) is 25.3 Å². The third-order valence-corrected chi connectivity index (χ3v) is 9.14. The molecule has 1 aromatic rings. The van der Waals surface area contributed by atoms with Crippen molar-refractivity contribution in [2.45, 2.75) is 75.3 Å². The molecule has 0 radical (unpaired) electrons. The summed E-state index contributed by atoms with van der Waals surface area (Å²) in [6.45, 7) is 6.91. The SMILES string of the molecule is CCN(CC)S(=O)(=O)c1ccc(N2CCCC2)c(C(=O)NC2CCOC3(CCC3)C2)c1. The van der Waals surface area contributed by atoms with Crippen LogP contribution in [0.25, 0.3) is 0 Å². The van der Waals surface area contributed by atoms with Gasteiger partial charge in [-0.15, -0.1) is 0 Å². The van der Waals surface area contributed by atoms with Crippen LogP contribution in [0.4, 0.5) is 5.69 Å². The van der Waals surface area contributed by atoms with Gasteiger partial charge >= 0.3 is 0 Å². The molecule has 1 atom stereocenters. The normalized spacial score (nSPS) is 23.2. The Labute approximate surface area is 186 Å². The van der Waals surface area contributed by atoms with Crippen LogP contribution in [0, 0.1) is 0 Å². The van der Waals surface area contributed by atoms with E-state index >= 15 is 0 Å². The Morgan fingerprint density at radius 3 is 2.52 bits per heavy atom. The Balaban J connectivity index is 1.62. The van der Waals surface area contributed by atoms with Gasteiger partial charge in [0.25, 0.3) is 5.91 Å². The van der Waals surface area contributed by atoms with Gasteiger partial charge in [0.1, 0.15) is 0 Å². The third-order valence-electron chi connectivity index (χ3n) is 7.10. The second-order valence-corrected chi connectivity index (χ2v) is 10.9. The summed E-state index contributed by atoms with van der Waals surface area (Å²) in [6, 6.07) is 5.11. The summed E-state index contributed by atoms with van der Waals surface area (Å²) in [7, 11) is -3.63. The minimum Gasteiger partial charge on any atom is -0.375 e. The van der Waals surface area contributed by atoms with Crippen molar-refractivity contribution in [3.05, 3.63) is 23.8 Å². The predicted molar refractivity (Wildman–Crippen MR) is 121 cm³/mol. The number of rotatable bonds is 7. The summed E-state index contributed by atoms with van der Waals surface area (Å²) >= 11 is 0. The number of nitrogens with zero attached hydrogens (tertiary/aromatic N) is 2. The maximum atomic E-state index is 13.4. The second kappa shape index (κ2) is 9.08. The highest BCUT2D eigenvalue weighted by Gasteiger charge is 2.43. The van der Waals surface area contributed by atoms with Crippen LogP contribution in [-0.2, 0) is 14.8 Å². The van der Waals surface area contributed by atoms with Crippen molar-refractivity contribution >= 4 is 21.6 Å². The fourth-order valence-electron chi connectivity index (χ4n) is 5.14. The van der Waals surface area contributed by atoms with Crippen molar-refractivity contribution in [1.29, 1.82) is 0 Å². The zero-order chi connectivity index (χ0) is 22.1. The molecule has 8 heteroatoms. The Bertz CT molecular complexity index is 903. The van der Waals surface area contributed by atoms with Crippen molar-refractivity contribution in [2.75, 3.05) is 37.7 Å². The first kappa shape index (κ1) is 22.6. The smallest absolute Gasteiger partial charge is 0.253 e. The van der Waals surface area contributed by atoms with Crippen LogP contribution >= 0.6 is 0 Å². The van der Waals surface area contributed by atoms with Crippen molar-refractivity contribution in [1.82, 2.24) is 9.62 Å². The zero-order valence-electron chi connectivity index (χ0n) is 18.7. The molecule has 1 saturated carbocycles. The Hall–Kier alpha value is -1.64. The molecule has 7 nitrogen and oxygen atoms in total. The van der Waals surface area contributed by atoms with Crippen molar-refractivity contribution < 1.29 is 17.9 Å². The van der Waals surface area contributed by atoms with E-state index in [0.717, 1.165) is 57.3 Å². The van der Waals surface area contributed by atoms with Gasteiger partial charge < -0.3 is 15.0 Å². The molecular formula is C23H35N3O4S. The van der Waals surface area contributed by atoms with Crippen molar-refractivity contribution in [3.8, 4) is 0 Å². The van der Waals surface area contributed by atoms with Crippen LogP contribution in [0.1, 0.15) is 69.2 Å². The molecule has 1 aliphatic carbocycles. The lowest BCUT2D eigenvalue weighted by Gasteiger charge is -2.47. The highest BCUT2D eigenvalue weighted by atomic mass is 32.2. The molecule has 2 heterocycles. The van der Waals surface area contributed by atoms with Gasteiger partial charge in [-0.2, -0.15) is 4.31 Å². The highest BCUT2D eigenvalue weighted by Crippen LogP contribution is 2.42. The number of hydrogen-bond donors (Lipinski definition) is 1. The summed E-state index contributed by atoms with van der Waals surface area (Å²) in [5.41, 5.74) is 1.24. The van der Waals surface area contributed by atoms with E-state index < -0.39 is 10.0 Å². The number of amides is 1. The molecular weight excluding hydrogens is 414 g/mol. The lowest BCUT2D eigenvalue weighted by molar-refractivity contribution is -0.134. The molecule has 3 aliphatic rings. The van der Waals surface area contributed by atoms with Crippen LogP contribution < -0.4 is 10.2 Å². The van der Waals surface area contributed by atoms with E-state index in [1.165, 1.54) is 10.7 Å². The standard InChI is InChI=1S/C23H35N3O4S/c1-3-26(4-2)31(28,29)19-8-9-21(25-13-5-6-14-25)20(16-19)22(27)24-18-10-15-30-23(17-18)11-7-12-23/h8-9,16,18H,3-7,10-15,17H2,1-2H3,(H,24,27). The van der Waals surface area contributed by atoms with E-state index in [-0.39, 0.29) is 22.4 Å². The Morgan fingerprint density at radius 1 is 1.19 bits per heavy atom. The third kappa shape index (κ3) is 4.47. The number of hydrogen-bond acceptors (Lipinski definition) is 5. The van der Waals surface area contributed by atoms with Gasteiger partial charge in [0.15, 0.2) is 0 Å². The lowest BCUT2D eigenvalue weighted by atomic mass is 9.74. The largest absolute Gasteiger partial charge is 0.375 e. The van der Waals surface area contributed by atoms with Gasteiger partial charge in [-0.25, -0.2) is 8.42 Å². The number of benzene rings is 1. The summed E-state index contributed by atoms with van der Waals surface area (Å²) in [5, 5.41) is 3.20. The lowest BCUT2D eigenvalue weighted by Crippen LogP contribution is -2.52. The molecule has 1 spiro atoms. The van der Waals surface area contributed by atoms with Crippen LogP contribution in [0.15, 0.2) is 23.1 Å². The van der Waals surface area contributed by atoms with Crippen LogP contribution in [0.5, 0.6) is 0 Å². The topological polar surface area (TPSA) is 79.0 Å². The van der Waals surface area contributed by atoms with Gasteiger partial charge in [-0.3, -0.25) is 4.79 Å². The molecule has 2 saturated heterocycles. The predicted octanol–water partition coefficient (Wildman–Crippen LogP) is 3.15. The molecule has 1 aromatic carbocycles. The molecule has 1 unspecified atom stereocenters. The first-order valence-electron chi connectivity index (χ1n) is 11.7. The summed E-state index contributed by atoms with van der Waals surface area (Å²) in [6.07, 6.45) is 7.13. The summed E-state index contributed by atoms with van der Waals surface area (Å²) in [5.74, 6) is -0.181. The van der Waals surface area contributed by atoms with Crippen molar-refractivity contribution in [3.63, 3.8) is 0 Å². The number of ether oxygens (including phenoxy) is 1. The van der Waals surface area contributed by atoms with E-state index in [2.05, 4.69) is 10.2 Å². The molecule has 4 rings (SSSR count). The first-order chi connectivity index (χ1) is 14.9. The van der Waals surface area contributed by atoms with Crippen LogP contribution in [0.3, 0.4) is 0 Å². The molecule has 0 bridgehead atoms. The highest BCUT2D eigenvalue weighted by molar-refractivity contribution is 7.89. The van der Waals surface area contributed by atoms with Crippen LogP contribution in [0.2, 0.25) is 0 Å². The second-order valence-electron chi connectivity index (χ2n) is 9.01. The number of anilines is 1. The van der Waals surface area contributed by atoms with Gasteiger partial charge in [-0.05, 0) is 63.1 Å². The van der Waals surface area contributed by atoms with Gasteiger partial charge in [0, 0.05) is 44.5 Å². The molecule has 1 N–H and O–H groups in total. The van der Waals surface area contributed by atoms with Gasteiger partial charge in [0.05, 0.1) is 16.1 Å². The van der Waals surface area contributed by atoms with Gasteiger partial charge in [0.2, 0.25) is 10.0 Å². The minimum absolute atomic E-state index is 0.0537. The average molecular weight is 450 g/mol. The molecule has 1 amide bonds. The van der Waals surface area contributed by atoms with E-state index in [1.54, 1.807) is 12.1 Å². The molecule has 3 fully saturated rings. The first-order valence-corrected chi connectivity index (χ1v) is 13.2. The Kier molecular flexibility index (Phi) is 6.60. The monoisotopic (exact) mass is 449 g/mol. The summed E-state index contributed by atoms with van der Waals surface area (Å²) in [4.78, 5) is 15.8. The Morgan fingerprint density at radius 2 is 1.90 bits per heavy atom. The maximum Gasteiger partial charge on any atom is 0.253 e. The fourth-order valence-corrected chi connectivity index (χ4v) is 6.62. The molecule has 0 aromatic heterocycles. The average Bonchev–Trinajstić information content (AvgIpc) is 3.28. The van der Waals surface area contributed by atoms with E-state index in [9.17, 15) is 13.2 Å². The number of sulfonamides is 1. The van der Waals surface area contributed by atoms with Gasteiger partial charge in [-0.1, -0.05) is 13.8 Å². The molecule has 31 heavy (non-hydrogen) atoms. The molecule has 2 aliphatic heterocycles. The molecule has 172 valence electrons. The quantitative estimate of drug-likeness (QED) is 0.692. The number of nitrogens with one attached hydrogen (secondary N) is 1. The number of carbonyl (C=O) groups is 1. The van der Waals surface area contributed by atoms with E-state index in [4.69, 9.17) is 4.74 Å². The van der Waals surface area contributed by atoms with E-state index in [1.807, 2.05) is 19.9 Å². The zero-order valence-corrected chi connectivity index (χ0v) is 19.5. The number of carbonyl (C=O) groups excluding carboxylic acids is 1. The summed E-state index contributed by atoms with van der Waals surface area (Å²) < 4.78 is 33.6. The maximum absolute atomic E-state index is 13.4. The van der Waals surface area contributed by atoms with Crippen molar-refractivity contribution in [2.24, 2.45) is 0 Å². The minimum atomic E-state index is -3.63. The van der Waals surface area contributed by atoms with Crippen LogP contribution in [-0.4, -0.2) is 63.1 Å².